The predicted octanol–water partition coefficient (Wildman–Crippen LogP) is 0.904. The lowest BCUT2D eigenvalue weighted by atomic mass is 9.99. The highest BCUT2D eigenvalue weighted by Gasteiger charge is 2.23. The SMILES string of the molecule is Cl.Nc1cccc2c1CCCN2C(=O)CCn1cc(S(N)(=O)=O)cn1. The maximum absolute atomic E-state index is 12.6. The zero-order valence-corrected chi connectivity index (χ0v) is 15.1. The van der Waals surface area contributed by atoms with Crippen LogP contribution >= 0.6 is 12.4 Å². The molecular weight excluding hydrogens is 366 g/mol. The van der Waals surface area contributed by atoms with E-state index in [1.54, 1.807) is 4.90 Å². The maximum atomic E-state index is 12.6. The molecule has 2 aromatic rings. The number of aryl methyl sites for hydroxylation is 1. The minimum Gasteiger partial charge on any atom is -0.398 e. The third-order valence-corrected chi connectivity index (χ3v) is 4.95. The second kappa shape index (κ2) is 7.42. The van der Waals surface area contributed by atoms with Gasteiger partial charge in [0.25, 0.3) is 0 Å². The van der Waals surface area contributed by atoms with Crippen LogP contribution in [-0.4, -0.2) is 30.7 Å². The minimum absolute atomic E-state index is 0. The Balaban J connectivity index is 0.00000225. The zero-order valence-electron chi connectivity index (χ0n) is 13.5. The highest BCUT2D eigenvalue weighted by atomic mass is 35.5. The Morgan fingerprint density at radius 3 is 2.76 bits per heavy atom. The van der Waals surface area contributed by atoms with Crippen molar-refractivity contribution in [3.63, 3.8) is 0 Å². The predicted molar refractivity (Wildman–Crippen MR) is 97.0 cm³/mol. The van der Waals surface area contributed by atoms with Crippen LogP contribution in [0, 0.1) is 0 Å². The molecule has 0 spiro atoms. The van der Waals surface area contributed by atoms with E-state index >= 15 is 0 Å². The molecule has 0 radical (unpaired) electrons. The van der Waals surface area contributed by atoms with E-state index < -0.39 is 10.0 Å². The van der Waals surface area contributed by atoms with Gasteiger partial charge in [-0.1, -0.05) is 6.07 Å². The number of amides is 1. The minimum atomic E-state index is -3.78. The van der Waals surface area contributed by atoms with Crippen molar-refractivity contribution in [3.05, 3.63) is 36.2 Å². The third-order valence-electron chi connectivity index (χ3n) is 4.08. The lowest BCUT2D eigenvalue weighted by Crippen LogP contribution is -2.36. The summed E-state index contributed by atoms with van der Waals surface area (Å²) in [5.74, 6) is -0.0470. The lowest BCUT2D eigenvalue weighted by molar-refractivity contribution is -0.119. The van der Waals surface area contributed by atoms with E-state index in [0.29, 0.717) is 12.2 Å². The van der Waals surface area contributed by atoms with E-state index in [2.05, 4.69) is 5.10 Å². The summed E-state index contributed by atoms with van der Waals surface area (Å²) in [4.78, 5) is 14.2. The molecule has 0 unspecified atom stereocenters. The van der Waals surface area contributed by atoms with Crippen molar-refractivity contribution < 1.29 is 13.2 Å². The van der Waals surface area contributed by atoms with Crippen LogP contribution < -0.4 is 15.8 Å². The molecule has 0 saturated carbocycles. The molecule has 8 nitrogen and oxygen atoms in total. The summed E-state index contributed by atoms with van der Waals surface area (Å²) in [6.07, 6.45) is 4.44. The fourth-order valence-corrected chi connectivity index (χ4v) is 3.33. The van der Waals surface area contributed by atoms with Crippen LogP contribution in [0.15, 0.2) is 35.5 Å². The first-order valence-corrected chi connectivity index (χ1v) is 9.14. The number of carbonyl (C=O) groups is 1. The Labute approximate surface area is 152 Å². The molecule has 25 heavy (non-hydrogen) atoms. The number of halogens is 1. The molecule has 0 saturated heterocycles. The molecule has 2 heterocycles. The van der Waals surface area contributed by atoms with Crippen molar-refractivity contribution in [1.29, 1.82) is 0 Å². The Bertz CT molecular complexity index is 881. The quantitative estimate of drug-likeness (QED) is 0.756. The summed E-state index contributed by atoms with van der Waals surface area (Å²) in [5, 5.41) is 8.97. The van der Waals surface area contributed by atoms with Crippen molar-refractivity contribution >= 4 is 39.7 Å². The molecule has 0 aliphatic carbocycles. The van der Waals surface area contributed by atoms with Crippen molar-refractivity contribution in [2.24, 2.45) is 5.14 Å². The topological polar surface area (TPSA) is 124 Å². The molecule has 0 bridgehead atoms. The average Bonchev–Trinajstić information content (AvgIpc) is 3.02. The van der Waals surface area contributed by atoms with Crippen molar-refractivity contribution in [2.75, 3.05) is 17.2 Å². The van der Waals surface area contributed by atoms with E-state index in [4.69, 9.17) is 10.9 Å². The normalized spacial score (nSPS) is 13.9. The standard InChI is InChI=1S/C15H19N5O3S.ClH/c16-13-4-1-5-14-12(13)3-2-7-20(14)15(21)6-8-19-10-11(9-18-19)24(17,22)23;/h1,4-5,9-10H,2-3,6-8,16H2,(H2,17,22,23);1H. The van der Waals surface area contributed by atoms with Gasteiger partial charge in [0, 0.05) is 37.1 Å². The lowest BCUT2D eigenvalue weighted by Gasteiger charge is -2.30. The molecule has 136 valence electrons. The van der Waals surface area contributed by atoms with Crippen LogP contribution in [0.5, 0.6) is 0 Å². The van der Waals surface area contributed by atoms with Gasteiger partial charge in [0.2, 0.25) is 15.9 Å². The van der Waals surface area contributed by atoms with Crippen LogP contribution in [0.1, 0.15) is 18.4 Å². The first-order valence-electron chi connectivity index (χ1n) is 7.59. The molecule has 4 N–H and O–H groups in total. The molecule has 1 aliphatic rings. The number of primary sulfonamides is 1. The number of nitrogens with two attached hydrogens (primary N) is 2. The zero-order chi connectivity index (χ0) is 17.3. The Kier molecular flexibility index (Phi) is 5.71. The summed E-state index contributed by atoms with van der Waals surface area (Å²) >= 11 is 0. The number of nitrogen functional groups attached to an aromatic ring is 1. The van der Waals surface area contributed by atoms with E-state index in [9.17, 15) is 13.2 Å². The van der Waals surface area contributed by atoms with Crippen LogP contribution in [0.25, 0.3) is 0 Å². The van der Waals surface area contributed by atoms with Gasteiger partial charge in [0.15, 0.2) is 0 Å². The van der Waals surface area contributed by atoms with Gasteiger partial charge in [-0.25, -0.2) is 13.6 Å². The smallest absolute Gasteiger partial charge is 0.241 e. The first-order chi connectivity index (χ1) is 11.4. The molecular formula is C15H20ClN5O3S. The summed E-state index contributed by atoms with van der Waals surface area (Å²) in [5.41, 5.74) is 8.56. The van der Waals surface area contributed by atoms with Crippen LogP contribution in [0.3, 0.4) is 0 Å². The van der Waals surface area contributed by atoms with E-state index in [1.165, 1.54) is 17.1 Å². The highest BCUT2D eigenvalue weighted by Crippen LogP contribution is 2.31. The Hall–Kier alpha value is -2.10. The van der Waals surface area contributed by atoms with E-state index in [0.717, 1.165) is 24.1 Å². The van der Waals surface area contributed by atoms with Crippen LogP contribution in [0.4, 0.5) is 11.4 Å². The molecule has 1 aromatic heterocycles. The fraction of sp³-hybridized carbons (Fsp3) is 0.333. The van der Waals surface area contributed by atoms with Gasteiger partial charge in [-0.05, 0) is 30.5 Å². The van der Waals surface area contributed by atoms with Crippen molar-refractivity contribution in [3.8, 4) is 0 Å². The number of aromatic nitrogens is 2. The highest BCUT2D eigenvalue weighted by molar-refractivity contribution is 7.89. The van der Waals surface area contributed by atoms with E-state index in [-0.39, 0.29) is 36.2 Å². The third kappa shape index (κ3) is 4.12. The number of hydrogen-bond donors (Lipinski definition) is 2. The van der Waals surface area contributed by atoms with Gasteiger partial charge in [-0.2, -0.15) is 5.10 Å². The van der Waals surface area contributed by atoms with E-state index in [1.807, 2.05) is 18.2 Å². The number of carbonyl (C=O) groups excluding carboxylic acids is 1. The van der Waals surface area contributed by atoms with Crippen LogP contribution in [0.2, 0.25) is 0 Å². The van der Waals surface area contributed by atoms with Gasteiger partial charge in [-0.15, -0.1) is 12.4 Å². The Morgan fingerprint density at radius 1 is 1.32 bits per heavy atom. The fourth-order valence-electron chi connectivity index (χ4n) is 2.87. The van der Waals surface area contributed by atoms with Gasteiger partial charge in [0.1, 0.15) is 4.90 Å². The molecule has 1 aliphatic heterocycles. The van der Waals surface area contributed by atoms with Crippen molar-refractivity contribution in [1.82, 2.24) is 9.78 Å². The summed E-state index contributed by atoms with van der Waals surface area (Å²) < 4.78 is 23.9. The van der Waals surface area contributed by atoms with Gasteiger partial charge in [-0.3, -0.25) is 9.48 Å². The number of nitrogens with zero attached hydrogens (tertiary/aromatic N) is 3. The van der Waals surface area contributed by atoms with Crippen molar-refractivity contribution in [2.45, 2.75) is 30.7 Å². The maximum Gasteiger partial charge on any atom is 0.241 e. The molecule has 1 amide bonds. The van der Waals surface area contributed by atoms with Gasteiger partial charge < -0.3 is 10.6 Å². The number of anilines is 2. The summed E-state index contributed by atoms with van der Waals surface area (Å²) in [6.45, 7) is 0.930. The van der Waals surface area contributed by atoms with Gasteiger partial charge >= 0.3 is 0 Å². The van der Waals surface area contributed by atoms with Crippen LogP contribution in [-0.2, 0) is 27.8 Å². The summed E-state index contributed by atoms with van der Waals surface area (Å²) in [6, 6.07) is 5.58. The number of rotatable bonds is 4. The first kappa shape index (κ1) is 19.2. The molecule has 10 heteroatoms. The molecule has 3 rings (SSSR count). The second-order valence-corrected chi connectivity index (χ2v) is 7.29. The van der Waals surface area contributed by atoms with Gasteiger partial charge in [0.05, 0.1) is 6.20 Å². The number of fused-ring (bicyclic) bond motifs is 1. The largest absolute Gasteiger partial charge is 0.398 e. The number of hydrogen-bond acceptors (Lipinski definition) is 5. The molecule has 0 atom stereocenters. The summed E-state index contributed by atoms with van der Waals surface area (Å²) in [7, 11) is -3.78. The average molecular weight is 386 g/mol. The Morgan fingerprint density at radius 2 is 2.08 bits per heavy atom. The molecule has 1 aromatic carbocycles. The second-order valence-electron chi connectivity index (χ2n) is 5.73. The number of sulfonamides is 1. The molecule has 0 fully saturated rings. The monoisotopic (exact) mass is 385 g/mol. The number of benzene rings is 1.